The van der Waals surface area contributed by atoms with Crippen LogP contribution in [0.15, 0.2) is 53.7 Å². The van der Waals surface area contributed by atoms with Crippen LogP contribution in [-0.2, 0) is 6.42 Å². The Balaban J connectivity index is 0.00000364. The zero-order valence-corrected chi connectivity index (χ0v) is 19.1. The minimum Gasteiger partial charge on any atom is -0.357 e. The number of rotatable bonds is 8. The van der Waals surface area contributed by atoms with Crippen molar-refractivity contribution >= 4 is 29.9 Å². The maximum Gasteiger partial charge on any atom is 0.191 e. The SMILES string of the molecule is CCNC(=NCC(c1ccc(C)cc1)N(C)C)NCCc1ccccn1.I. The first-order valence-corrected chi connectivity index (χ1v) is 9.25. The number of halogens is 1. The van der Waals surface area contributed by atoms with E-state index in [1.165, 1.54) is 11.1 Å². The van der Waals surface area contributed by atoms with Crippen molar-refractivity contribution in [2.24, 2.45) is 4.99 Å². The third-order valence-electron chi connectivity index (χ3n) is 4.25. The fourth-order valence-electron chi connectivity index (χ4n) is 2.73. The highest BCUT2D eigenvalue weighted by atomic mass is 127. The minimum atomic E-state index is 0. The molecule has 0 bridgehead atoms. The molecule has 0 spiro atoms. The molecule has 0 saturated heterocycles. The third kappa shape index (κ3) is 8.26. The van der Waals surface area contributed by atoms with Gasteiger partial charge in [0.1, 0.15) is 0 Å². The van der Waals surface area contributed by atoms with E-state index in [0.29, 0.717) is 6.54 Å². The first-order chi connectivity index (χ1) is 12.6. The van der Waals surface area contributed by atoms with Crippen molar-refractivity contribution in [2.75, 3.05) is 33.7 Å². The number of hydrogen-bond acceptors (Lipinski definition) is 3. The Kier molecular flexibility index (Phi) is 11.0. The van der Waals surface area contributed by atoms with Gasteiger partial charge in [-0.2, -0.15) is 0 Å². The van der Waals surface area contributed by atoms with E-state index in [1.54, 1.807) is 0 Å². The van der Waals surface area contributed by atoms with Crippen molar-refractivity contribution in [3.63, 3.8) is 0 Å². The lowest BCUT2D eigenvalue weighted by Crippen LogP contribution is -2.39. The van der Waals surface area contributed by atoms with Crippen molar-refractivity contribution in [3.8, 4) is 0 Å². The molecule has 2 aromatic rings. The zero-order chi connectivity index (χ0) is 18.8. The Morgan fingerprint density at radius 1 is 1.11 bits per heavy atom. The summed E-state index contributed by atoms with van der Waals surface area (Å²) in [5.41, 5.74) is 3.65. The zero-order valence-electron chi connectivity index (χ0n) is 16.8. The fourth-order valence-corrected chi connectivity index (χ4v) is 2.73. The second kappa shape index (κ2) is 12.7. The molecule has 0 radical (unpaired) electrons. The summed E-state index contributed by atoms with van der Waals surface area (Å²) in [7, 11) is 4.20. The Morgan fingerprint density at radius 2 is 1.85 bits per heavy atom. The van der Waals surface area contributed by atoms with E-state index in [1.807, 2.05) is 24.4 Å². The van der Waals surface area contributed by atoms with Gasteiger partial charge < -0.3 is 15.5 Å². The Bertz CT molecular complexity index is 671. The van der Waals surface area contributed by atoms with Gasteiger partial charge in [-0.3, -0.25) is 9.98 Å². The molecule has 0 amide bonds. The number of hydrogen-bond donors (Lipinski definition) is 2. The number of aryl methyl sites for hydroxylation is 1. The normalized spacial score (nSPS) is 12.4. The Morgan fingerprint density at radius 3 is 2.44 bits per heavy atom. The van der Waals surface area contributed by atoms with E-state index in [9.17, 15) is 0 Å². The molecule has 1 aromatic carbocycles. The van der Waals surface area contributed by atoms with Gasteiger partial charge in [-0.25, -0.2) is 0 Å². The van der Waals surface area contributed by atoms with Crippen LogP contribution in [0.1, 0.15) is 29.8 Å². The van der Waals surface area contributed by atoms with Crippen LogP contribution in [0, 0.1) is 6.92 Å². The van der Waals surface area contributed by atoms with Crippen LogP contribution in [-0.4, -0.2) is 49.6 Å². The summed E-state index contributed by atoms with van der Waals surface area (Å²) < 4.78 is 0. The Labute approximate surface area is 180 Å². The van der Waals surface area contributed by atoms with Crippen molar-refractivity contribution in [3.05, 3.63) is 65.5 Å². The molecule has 1 aromatic heterocycles. The first-order valence-electron chi connectivity index (χ1n) is 9.25. The molecule has 1 heterocycles. The second-order valence-corrected chi connectivity index (χ2v) is 6.61. The lowest BCUT2D eigenvalue weighted by Gasteiger charge is -2.24. The van der Waals surface area contributed by atoms with E-state index in [-0.39, 0.29) is 30.0 Å². The molecule has 1 unspecified atom stereocenters. The van der Waals surface area contributed by atoms with Crippen LogP contribution in [0.3, 0.4) is 0 Å². The van der Waals surface area contributed by atoms with E-state index in [0.717, 1.165) is 31.2 Å². The fraction of sp³-hybridized carbons (Fsp3) is 0.429. The lowest BCUT2D eigenvalue weighted by atomic mass is 10.0. The first kappa shape index (κ1) is 23.4. The molecule has 0 aliphatic heterocycles. The number of aliphatic imine (C=N–C) groups is 1. The molecule has 1 atom stereocenters. The van der Waals surface area contributed by atoms with Crippen LogP contribution >= 0.6 is 24.0 Å². The number of aromatic nitrogens is 1. The molecule has 5 nitrogen and oxygen atoms in total. The summed E-state index contributed by atoms with van der Waals surface area (Å²) in [4.78, 5) is 11.4. The third-order valence-corrected chi connectivity index (χ3v) is 4.25. The summed E-state index contributed by atoms with van der Waals surface area (Å²) in [5, 5.41) is 6.73. The topological polar surface area (TPSA) is 52.6 Å². The van der Waals surface area contributed by atoms with Gasteiger partial charge in [0.2, 0.25) is 0 Å². The van der Waals surface area contributed by atoms with Crippen LogP contribution in [0.25, 0.3) is 0 Å². The molecule has 0 aliphatic carbocycles. The van der Waals surface area contributed by atoms with E-state index in [4.69, 9.17) is 4.99 Å². The summed E-state index contributed by atoms with van der Waals surface area (Å²) in [6.45, 7) is 6.54. The standard InChI is InChI=1S/C21H31N5.HI/c1-5-22-21(24-15-13-19-8-6-7-14-23-19)25-16-20(26(3)4)18-11-9-17(2)10-12-18;/h6-12,14,20H,5,13,15-16H2,1-4H3,(H2,22,24,25);1H. The smallest absolute Gasteiger partial charge is 0.191 e. The molecule has 0 saturated carbocycles. The van der Waals surface area contributed by atoms with Gasteiger partial charge in [-0.15, -0.1) is 24.0 Å². The van der Waals surface area contributed by atoms with E-state index < -0.39 is 0 Å². The summed E-state index contributed by atoms with van der Waals surface area (Å²) in [6, 6.07) is 15.0. The molecule has 0 aliphatic rings. The highest BCUT2D eigenvalue weighted by Crippen LogP contribution is 2.19. The quantitative estimate of drug-likeness (QED) is 0.345. The van der Waals surface area contributed by atoms with Gasteiger partial charge in [0.15, 0.2) is 5.96 Å². The number of likely N-dealkylation sites (N-methyl/N-ethyl adjacent to an activating group) is 1. The molecule has 0 fully saturated rings. The molecule has 2 rings (SSSR count). The van der Waals surface area contributed by atoms with E-state index in [2.05, 4.69) is 72.7 Å². The Hall–Kier alpha value is -1.67. The van der Waals surface area contributed by atoms with Gasteiger partial charge in [0.25, 0.3) is 0 Å². The molecular weight excluding hydrogens is 449 g/mol. The second-order valence-electron chi connectivity index (χ2n) is 6.61. The number of benzene rings is 1. The maximum absolute atomic E-state index is 4.80. The maximum atomic E-state index is 4.80. The van der Waals surface area contributed by atoms with Crippen LogP contribution in [0.2, 0.25) is 0 Å². The van der Waals surface area contributed by atoms with Gasteiger partial charge >= 0.3 is 0 Å². The largest absolute Gasteiger partial charge is 0.357 e. The van der Waals surface area contributed by atoms with Gasteiger partial charge in [0, 0.05) is 31.4 Å². The average Bonchev–Trinajstić information content (AvgIpc) is 2.64. The molecule has 6 heteroatoms. The van der Waals surface area contributed by atoms with Crippen molar-refractivity contribution in [1.29, 1.82) is 0 Å². The number of nitrogens with one attached hydrogen (secondary N) is 2. The molecule has 27 heavy (non-hydrogen) atoms. The summed E-state index contributed by atoms with van der Waals surface area (Å²) in [5.74, 6) is 0.849. The van der Waals surface area contributed by atoms with Gasteiger partial charge in [-0.05, 0) is 45.6 Å². The number of guanidine groups is 1. The average molecular weight is 481 g/mol. The van der Waals surface area contributed by atoms with Gasteiger partial charge in [-0.1, -0.05) is 35.9 Å². The van der Waals surface area contributed by atoms with Crippen molar-refractivity contribution < 1.29 is 0 Å². The number of pyridine rings is 1. The summed E-state index contributed by atoms with van der Waals surface area (Å²) >= 11 is 0. The van der Waals surface area contributed by atoms with Crippen LogP contribution in [0.4, 0.5) is 0 Å². The van der Waals surface area contributed by atoms with Crippen molar-refractivity contribution in [2.45, 2.75) is 26.3 Å². The van der Waals surface area contributed by atoms with Crippen molar-refractivity contribution in [1.82, 2.24) is 20.5 Å². The minimum absolute atomic E-state index is 0. The molecule has 2 N–H and O–H groups in total. The predicted molar refractivity (Wildman–Crippen MR) is 125 cm³/mol. The lowest BCUT2D eigenvalue weighted by molar-refractivity contribution is 0.306. The van der Waals surface area contributed by atoms with Crippen LogP contribution < -0.4 is 10.6 Å². The molecular formula is C21H32IN5. The van der Waals surface area contributed by atoms with Crippen LogP contribution in [0.5, 0.6) is 0 Å². The summed E-state index contributed by atoms with van der Waals surface area (Å²) in [6.07, 6.45) is 2.71. The highest BCUT2D eigenvalue weighted by molar-refractivity contribution is 14.0. The predicted octanol–water partition coefficient (Wildman–Crippen LogP) is 3.41. The van der Waals surface area contributed by atoms with Gasteiger partial charge in [0.05, 0.1) is 12.6 Å². The monoisotopic (exact) mass is 481 g/mol. The highest BCUT2D eigenvalue weighted by Gasteiger charge is 2.13. The number of nitrogens with zero attached hydrogens (tertiary/aromatic N) is 3. The van der Waals surface area contributed by atoms with E-state index >= 15 is 0 Å². The molecule has 148 valence electrons.